The Bertz CT molecular complexity index is 1030. The monoisotopic (exact) mass is 387 g/mol. The van der Waals surface area contributed by atoms with Crippen LogP contribution in [0, 0.1) is 13.8 Å². The average molecular weight is 387 g/mol. The molecule has 6 heteroatoms. The van der Waals surface area contributed by atoms with Crippen LogP contribution in [0.3, 0.4) is 0 Å². The minimum atomic E-state index is -4.36. The largest absolute Gasteiger partial charge is 0.416 e. The predicted octanol–water partition coefficient (Wildman–Crippen LogP) is 4.90. The lowest BCUT2D eigenvalue weighted by atomic mass is 10.0. The fraction of sp³-hybridized carbons (Fsp3) is 0.409. The van der Waals surface area contributed by atoms with Crippen molar-refractivity contribution in [3.63, 3.8) is 0 Å². The molecule has 148 valence electrons. The maximum absolute atomic E-state index is 13.5. The van der Waals surface area contributed by atoms with Crippen LogP contribution in [0.25, 0.3) is 10.9 Å². The molecular weight excluding hydrogens is 363 g/mol. The van der Waals surface area contributed by atoms with Gasteiger partial charge in [0, 0.05) is 54.5 Å². The zero-order valence-corrected chi connectivity index (χ0v) is 16.4. The van der Waals surface area contributed by atoms with Crippen molar-refractivity contribution in [3.8, 4) is 0 Å². The Kier molecular flexibility index (Phi) is 4.70. The van der Waals surface area contributed by atoms with E-state index >= 15 is 0 Å². The van der Waals surface area contributed by atoms with Crippen LogP contribution in [-0.2, 0) is 32.1 Å². The molecule has 0 bridgehead atoms. The zero-order valence-electron chi connectivity index (χ0n) is 16.4. The fourth-order valence-electron chi connectivity index (χ4n) is 4.24. The molecule has 0 unspecified atom stereocenters. The molecule has 2 aromatic heterocycles. The van der Waals surface area contributed by atoms with Crippen LogP contribution in [0.15, 0.2) is 30.5 Å². The number of likely N-dealkylation sites (N-methyl/N-ethyl adjacent to an activating group) is 1. The van der Waals surface area contributed by atoms with E-state index in [0.29, 0.717) is 18.7 Å². The lowest BCUT2D eigenvalue weighted by Crippen LogP contribution is -2.27. The number of benzene rings is 1. The summed E-state index contributed by atoms with van der Waals surface area (Å²) in [6.07, 6.45) is -1.75. The molecule has 4 rings (SSSR count). The highest BCUT2D eigenvalue weighted by atomic mass is 19.4. The van der Waals surface area contributed by atoms with Gasteiger partial charge >= 0.3 is 6.18 Å². The van der Waals surface area contributed by atoms with Gasteiger partial charge < -0.3 is 9.47 Å². The van der Waals surface area contributed by atoms with E-state index in [2.05, 4.69) is 46.6 Å². The minimum absolute atomic E-state index is 0.258. The summed E-state index contributed by atoms with van der Waals surface area (Å²) in [6.45, 7) is 6.02. The predicted molar refractivity (Wildman–Crippen MR) is 104 cm³/mol. The van der Waals surface area contributed by atoms with Crippen LogP contribution in [0.1, 0.15) is 33.6 Å². The van der Waals surface area contributed by atoms with Gasteiger partial charge in [0.25, 0.3) is 0 Å². The molecule has 3 aromatic rings. The van der Waals surface area contributed by atoms with Crippen molar-refractivity contribution in [2.45, 2.75) is 46.0 Å². The number of fused-ring (bicyclic) bond motifs is 3. The summed E-state index contributed by atoms with van der Waals surface area (Å²) < 4.78 is 42.6. The highest BCUT2D eigenvalue weighted by Gasteiger charge is 2.33. The van der Waals surface area contributed by atoms with Gasteiger partial charge in [-0.25, -0.2) is 0 Å². The summed E-state index contributed by atoms with van der Waals surface area (Å²) in [7, 11) is 2.11. The SMILES string of the molecule is Cc1ccc2c(c1)c1c(n2CCc2cnc(C)cc2C(F)(F)F)CCN(C)C1. The van der Waals surface area contributed by atoms with Gasteiger partial charge in [0.2, 0.25) is 0 Å². The zero-order chi connectivity index (χ0) is 20.1. The first-order valence-corrected chi connectivity index (χ1v) is 9.56. The molecule has 1 aliphatic rings. The van der Waals surface area contributed by atoms with Gasteiger partial charge in [-0.15, -0.1) is 0 Å². The van der Waals surface area contributed by atoms with Gasteiger partial charge in [-0.05, 0) is 56.6 Å². The molecule has 0 amide bonds. The number of rotatable bonds is 3. The van der Waals surface area contributed by atoms with E-state index in [-0.39, 0.29) is 5.56 Å². The molecule has 3 heterocycles. The second-order valence-corrected chi connectivity index (χ2v) is 7.82. The maximum Gasteiger partial charge on any atom is 0.416 e. The van der Waals surface area contributed by atoms with Gasteiger partial charge in [-0.3, -0.25) is 4.98 Å². The molecule has 0 aliphatic carbocycles. The smallest absolute Gasteiger partial charge is 0.344 e. The number of alkyl halides is 3. The highest BCUT2D eigenvalue weighted by Crippen LogP contribution is 2.34. The topological polar surface area (TPSA) is 21.1 Å². The summed E-state index contributed by atoms with van der Waals surface area (Å²) in [5, 5.41) is 1.22. The van der Waals surface area contributed by atoms with Crippen molar-refractivity contribution in [2.75, 3.05) is 13.6 Å². The number of aromatic nitrogens is 2. The number of hydrogen-bond acceptors (Lipinski definition) is 2. The Morgan fingerprint density at radius 2 is 1.93 bits per heavy atom. The Morgan fingerprint density at radius 3 is 2.68 bits per heavy atom. The van der Waals surface area contributed by atoms with Crippen molar-refractivity contribution in [3.05, 3.63) is 64.1 Å². The Labute approximate surface area is 162 Å². The van der Waals surface area contributed by atoms with Gasteiger partial charge in [0.05, 0.1) is 5.56 Å². The van der Waals surface area contributed by atoms with E-state index < -0.39 is 11.7 Å². The van der Waals surface area contributed by atoms with E-state index in [1.807, 2.05) is 0 Å². The first-order valence-electron chi connectivity index (χ1n) is 9.56. The highest BCUT2D eigenvalue weighted by molar-refractivity contribution is 5.86. The third-order valence-electron chi connectivity index (χ3n) is 5.63. The number of nitrogens with zero attached hydrogens (tertiary/aromatic N) is 3. The number of halogens is 3. The first-order chi connectivity index (χ1) is 13.2. The van der Waals surface area contributed by atoms with E-state index in [0.717, 1.165) is 31.1 Å². The molecule has 0 N–H and O–H groups in total. The standard InChI is InChI=1S/C22H24F3N3/c1-14-4-5-20-17(10-14)18-13-27(3)8-7-21(18)28(20)9-6-16-12-26-15(2)11-19(16)22(23,24)25/h4-5,10-12H,6-9,13H2,1-3H3. The van der Waals surface area contributed by atoms with Crippen LogP contribution in [-0.4, -0.2) is 28.0 Å². The van der Waals surface area contributed by atoms with Crippen molar-refractivity contribution in [2.24, 2.45) is 0 Å². The van der Waals surface area contributed by atoms with E-state index in [1.165, 1.54) is 28.4 Å². The second-order valence-electron chi connectivity index (χ2n) is 7.82. The molecule has 0 fully saturated rings. The Hall–Kier alpha value is -2.34. The van der Waals surface area contributed by atoms with E-state index in [4.69, 9.17) is 0 Å². The van der Waals surface area contributed by atoms with Crippen molar-refractivity contribution < 1.29 is 13.2 Å². The van der Waals surface area contributed by atoms with Crippen LogP contribution >= 0.6 is 0 Å². The van der Waals surface area contributed by atoms with Crippen LogP contribution in [0.4, 0.5) is 13.2 Å². The molecule has 1 aliphatic heterocycles. The van der Waals surface area contributed by atoms with Crippen molar-refractivity contribution in [1.29, 1.82) is 0 Å². The number of pyridine rings is 1. The van der Waals surface area contributed by atoms with Gasteiger partial charge in [0.1, 0.15) is 0 Å². The molecule has 0 radical (unpaired) electrons. The third kappa shape index (κ3) is 3.41. The van der Waals surface area contributed by atoms with E-state index in [9.17, 15) is 13.2 Å². The molecule has 3 nitrogen and oxygen atoms in total. The quantitative estimate of drug-likeness (QED) is 0.637. The Morgan fingerprint density at radius 1 is 1.14 bits per heavy atom. The summed E-state index contributed by atoms with van der Waals surface area (Å²) in [6, 6.07) is 7.51. The summed E-state index contributed by atoms with van der Waals surface area (Å²) >= 11 is 0. The fourth-order valence-corrected chi connectivity index (χ4v) is 4.24. The summed E-state index contributed by atoms with van der Waals surface area (Å²) in [4.78, 5) is 6.40. The third-order valence-corrected chi connectivity index (χ3v) is 5.63. The first kappa shape index (κ1) is 19.0. The lowest BCUT2D eigenvalue weighted by molar-refractivity contribution is -0.138. The summed E-state index contributed by atoms with van der Waals surface area (Å²) in [5.74, 6) is 0. The second kappa shape index (κ2) is 6.92. The normalized spacial score (nSPS) is 15.2. The average Bonchev–Trinajstić information content (AvgIpc) is 2.92. The lowest BCUT2D eigenvalue weighted by Gasteiger charge is -2.24. The van der Waals surface area contributed by atoms with E-state index in [1.54, 1.807) is 6.92 Å². The van der Waals surface area contributed by atoms with Crippen LogP contribution < -0.4 is 0 Å². The molecule has 0 saturated heterocycles. The number of aryl methyl sites for hydroxylation is 4. The number of hydrogen-bond donors (Lipinski definition) is 0. The summed E-state index contributed by atoms with van der Waals surface area (Å²) in [5.41, 5.74) is 4.95. The minimum Gasteiger partial charge on any atom is -0.344 e. The van der Waals surface area contributed by atoms with Crippen LogP contribution in [0.2, 0.25) is 0 Å². The van der Waals surface area contributed by atoms with Crippen LogP contribution in [0.5, 0.6) is 0 Å². The maximum atomic E-state index is 13.5. The van der Waals surface area contributed by atoms with Gasteiger partial charge in [0.15, 0.2) is 0 Å². The van der Waals surface area contributed by atoms with Crippen molar-refractivity contribution >= 4 is 10.9 Å². The molecule has 28 heavy (non-hydrogen) atoms. The Balaban J connectivity index is 1.74. The molecule has 0 saturated carbocycles. The molecule has 1 aromatic carbocycles. The molecule has 0 atom stereocenters. The molecular formula is C22H24F3N3. The van der Waals surface area contributed by atoms with Crippen molar-refractivity contribution in [1.82, 2.24) is 14.5 Å². The van der Waals surface area contributed by atoms with Gasteiger partial charge in [-0.2, -0.15) is 13.2 Å². The molecule has 0 spiro atoms. The van der Waals surface area contributed by atoms with Gasteiger partial charge in [-0.1, -0.05) is 11.6 Å².